The molecule has 130 valence electrons. The molecule has 1 amide bonds. The van der Waals surface area contributed by atoms with Gasteiger partial charge in [-0.1, -0.05) is 18.2 Å². The Morgan fingerprint density at radius 2 is 1.85 bits per heavy atom. The van der Waals surface area contributed by atoms with Crippen LogP contribution in [0.4, 0.5) is 10.2 Å². The number of aromatic nitrogens is 1. The van der Waals surface area contributed by atoms with Gasteiger partial charge in [-0.15, -0.1) is 12.6 Å². The summed E-state index contributed by atoms with van der Waals surface area (Å²) < 4.78 is 14.3. The number of rotatable bonds is 2. The molecule has 3 N–H and O–H groups in total. The molecule has 0 unspecified atom stereocenters. The lowest BCUT2D eigenvalue weighted by molar-refractivity contribution is 0.0946. The van der Waals surface area contributed by atoms with Crippen molar-refractivity contribution in [1.82, 2.24) is 10.3 Å². The summed E-state index contributed by atoms with van der Waals surface area (Å²) in [5, 5.41) is 2.83. The zero-order valence-corrected chi connectivity index (χ0v) is 14.7. The van der Waals surface area contributed by atoms with Crippen molar-refractivity contribution in [2.45, 2.75) is 11.3 Å². The first-order valence-electron chi connectivity index (χ1n) is 8.19. The van der Waals surface area contributed by atoms with E-state index in [-0.39, 0.29) is 11.7 Å². The van der Waals surface area contributed by atoms with Gasteiger partial charge in [-0.3, -0.25) is 4.79 Å². The molecule has 0 aliphatic carbocycles. The summed E-state index contributed by atoms with van der Waals surface area (Å²) in [5.74, 6) is -0.0659. The minimum Gasteiger partial charge on any atom is -0.383 e. The summed E-state index contributed by atoms with van der Waals surface area (Å²) in [6.45, 7) is 0.615. The van der Waals surface area contributed by atoms with Gasteiger partial charge in [0.15, 0.2) is 0 Å². The number of benzene rings is 2. The number of nitrogens with zero attached hydrogens (tertiary/aromatic N) is 1. The molecule has 0 saturated heterocycles. The van der Waals surface area contributed by atoms with Gasteiger partial charge >= 0.3 is 0 Å². The maximum absolute atomic E-state index is 14.3. The maximum atomic E-state index is 14.3. The normalized spacial score (nSPS) is 13.2. The van der Waals surface area contributed by atoms with Crippen LogP contribution in [0.2, 0.25) is 0 Å². The molecule has 4 nitrogen and oxygen atoms in total. The van der Waals surface area contributed by atoms with Crippen LogP contribution in [0.1, 0.15) is 15.9 Å². The molecule has 0 spiro atoms. The number of hydrogen-bond acceptors (Lipinski definition) is 4. The highest BCUT2D eigenvalue weighted by atomic mass is 32.1. The average molecular weight is 365 g/mol. The Hall–Kier alpha value is -2.86. The number of hydrogen-bond donors (Lipinski definition) is 3. The molecular weight excluding hydrogens is 349 g/mol. The molecular formula is C20H16FN3OS. The van der Waals surface area contributed by atoms with Gasteiger partial charge < -0.3 is 11.1 Å². The number of fused-ring (bicyclic) bond motifs is 1. The molecule has 0 saturated carbocycles. The molecule has 0 radical (unpaired) electrons. The maximum Gasteiger partial charge on any atom is 0.251 e. The van der Waals surface area contributed by atoms with E-state index in [2.05, 4.69) is 22.9 Å². The molecule has 1 aliphatic rings. The van der Waals surface area contributed by atoms with Gasteiger partial charge in [-0.25, -0.2) is 9.37 Å². The van der Waals surface area contributed by atoms with E-state index in [0.29, 0.717) is 39.5 Å². The molecule has 26 heavy (non-hydrogen) atoms. The van der Waals surface area contributed by atoms with Gasteiger partial charge in [-0.2, -0.15) is 0 Å². The summed E-state index contributed by atoms with van der Waals surface area (Å²) in [5.41, 5.74) is 10.4. The molecule has 4 rings (SSSR count). The number of thiol groups is 1. The highest BCUT2D eigenvalue weighted by Crippen LogP contribution is 2.32. The van der Waals surface area contributed by atoms with Crippen LogP contribution in [0.25, 0.3) is 22.3 Å². The molecule has 6 heteroatoms. The molecule has 3 aromatic rings. The number of halogens is 1. The Labute approximate surface area is 155 Å². The second-order valence-electron chi connectivity index (χ2n) is 6.20. The van der Waals surface area contributed by atoms with Crippen molar-refractivity contribution in [3.05, 3.63) is 65.6 Å². The topological polar surface area (TPSA) is 68.0 Å². The SMILES string of the molecule is Nc1ncc(-c2ccc(S)cc2F)cc1-c1ccc2c(c1)CCNC2=O. The van der Waals surface area contributed by atoms with Gasteiger partial charge in [0.2, 0.25) is 0 Å². The standard InChI is InChI=1S/C20H16FN3OS/c21-18-9-14(26)2-4-15(18)13-8-17(19(22)24-10-13)11-1-3-16-12(7-11)5-6-23-20(16)25/h1-4,7-10,26H,5-6H2,(H2,22,24)(H,23,25). The number of nitrogen functional groups attached to an aromatic ring is 1. The van der Waals surface area contributed by atoms with E-state index in [0.717, 1.165) is 17.5 Å². The number of nitrogens with two attached hydrogens (primary N) is 1. The molecule has 1 aliphatic heterocycles. The van der Waals surface area contributed by atoms with Crippen molar-refractivity contribution in [2.24, 2.45) is 0 Å². The van der Waals surface area contributed by atoms with E-state index in [4.69, 9.17) is 5.73 Å². The van der Waals surface area contributed by atoms with Crippen LogP contribution in [0, 0.1) is 5.82 Å². The minimum atomic E-state index is -0.364. The van der Waals surface area contributed by atoms with Gasteiger partial charge in [0, 0.05) is 39.9 Å². The van der Waals surface area contributed by atoms with Crippen molar-refractivity contribution in [2.75, 3.05) is 12.3 Å². The Morgan fingerprint density at radius 3 is 2.65 bits per heavy atom. The minimum absolute atomic E-state index is 0.0634. The van der Waals surface area contributed by atoms with Crippen LogP contribution >= 0.6 is 12.6 Å². The lowest BCUT2D eigenvalue weighted by Crippen LogP contribution is -2.31. The van der Waals surface area contributed by atoms with Gasteiger partial charge in [0.25, 0.3) is 5.91 Å². The number of amides is 1. The van der Waals surface area contributed by atoms with Crippen LogP contribution in [-0.2, 0) is 6.42 Å². The van der Waals surface area contributed by atoms with Gasteiger partial charge in [-0.05, 0) is 41.8 Å². The van der Waals surface area contributed by atoms with Gasteiger partial charge in [0.1, 0.15) is 11.6 Å². The average Bonchev–Trinajstić information content (AvgIpc) is 2.62. The predicted molar refractivity (Wildman–Crippen MR) is 103 cm³/mol. The molecule has 0 bridgehead atoms. The smallest absolute Gasteiger partial charge is 0.251 e. The molecule has 2 aromatic carbocycles. The van der Waals surface area contributed by atoms with Crippen molar-refractivity contribution < 1.29 is 9.18 Å². The van der Waals surface area contributed by atoms with Crippen LogP contribution in [0.5, 0.6) is 0 Å². The number of carbonyl (C=O) groups excluding carboxylic acids is 1. The van der Waals surface area contributed by atoms with Crippen molar-refractivity contribution >= 4 is 24.4 Å². The Balaban J connectivity index is 1.81. The Morgan fingerprint density at radius 1 is 1.04 bits per heavy atom. The van der Waals surface area contributed by atoms with Crippen molar-refractivity contribution in [1.29, 1.82) is 0 Å². The Kier molecular flexibility index (Phi) is 4.12. The van der Waals surface area contributed by atoms with E-state index >= 15 is 0 Å². The third-order valence-electron chi connectivity index (χ3n) is 4.52. The summed E-state index contributed by atoms with van der Waals surface area (Å²) in [6, 6.07) is 12.2. The third-order valence-corrected chi connectivity index (χ3v) is 4.80. The van der Waals surface area contributed by atoms with Crippen molar-refractivity contribution in [3.8, 4) is 22.3 Å². The molecule has 0 atom stereocenters. The number of pyridine rings is 1. The number of carbonyl (C=O) groups is 1. The Bertz CT molecular complexity index is 1040. The van der Waals surface area contributed by atoms with Crippen LogP contribution in [-0.4, -0.2) is 17.4 Å². The second kappa shape index (κ2) is 6.46. The first kappa shape index (κ1) is 16.6. The fourth-order valence-corrected chi connectivity index (χ4v) is 3.38. The quantitative estimate of drug-likeness (QED) is 0.607. The monoisotopic (exact) mass is 365 g/mol. The zero-order valence-electron chi connectivity index (χ0n) is 13.8. The number of anilines is 1. The predicted octanol–water partition coefficient (Wildman–Crippen LogP) is 3.71. The lowest BCUT2D eigenvalue weighted by atomic mass is 9.94. The van der Waals surface area contributed by atoms with E-state index in [1.807, 2.05) is 18.2 Å². The summed E-state index contributed by atoms with van der Waals surface area (Å²) >= 11 is 4.15. The fourth-order valence-electron chi connectivity index (χ4n) is 3.19. The third kappa shape index (κ3) is 2.93. The highest BCUT2D eigenvalue weighted by Gasteiger charge is 2.18. The summed E-state index contributed by atoms with van der Waals surface area (Å²) in [4.78, 5) is 16.7. The van der Waals surface area contributed by atoms with Crippen LogP contribution in [0.15, 0.2) is 53.6 Å². The summed E-state index contributed by atoms with van der Waals surface area (Å²) in [6.07, 6.45) is 2.32. The zero-order chi connectivity index (χ0) is 18.3. The highest BCUT2D eigenvalue weighted by molar-refractivity contribution is 7.80. The molecule has 2 heterocycles. The molecule has 0 fully saturated rings. The van der Waals surface area contributed by atoms with E-state index < -0.39 is 0 Å². The van der Waals surface area contributed by atoms with Crippen molar-refractivity contribution in [3.63, 3.8) is 0 Å². The van der Waals surface area contributed by atoms with Gasteiger partial charge in [0.05, 0.1) is 0 Å². The molecule has 1 aromatic heterocycles. The first-order valence-corrected chi connectivity index (χ1v) is 8.63. The van der Waals surface area contributed by atoms with E-state index in [9.17, 15) is 9.18 Å². The van der Waals surface area contributed by atoms with Crippen LogP contribution in [0.3, 0.4) is 0 Å². The van der Waals surface area contributed by atoms with Crippen LogP contribution < -0.4 is 11.1 Å². The lowest BCUT2D eigenvalue weighted by Gasteiger charge is -2.18. The fraction of sp³-hybridized carbons (Fsp3) is 0.100. The summed E-state index contributed by atoms with van der Waals surface area (Å²) in [7, 11) is 0. The number of nitrogens with one attached hydrogen (secondary N) is 1. The van der Waals surface area contributed by atoms with E-state index in [1.165, 1.54) is 6.07 Å². The second-order valence-corrected chi connectivity index (χ2v) is 6.72. The first-order chi connectivity index (χ1) is 12.5. The largest absolute Gasteiger partial charge is 0.383 e. The van der Waals surface area contributed by atoms with E-state index in [1.54, 1.807) is 24.4 Å².